The second-order valence-electron chi connectivity index (χ2n) is 5.52. The molecule has 2 aromatic rings. The minimum Gasteiger partial charge on any atom is -0.396 e. The largest absolute Gasteiger partial charge is 0.396 e. The van der Waals surface area contributed by atoms with Crippen LogP contribution in [0.15, 0.2) is 12.1 Å². The number of rotatable bonds is 4. The van der Waals surface area contributed by atoms with Crippen LogP contribution in [0.3, 0.4) is 0 Å². The number of nitrogens with zero attached hydrogens (tertiary/aromatic N) is 4. The quantitative estimate of drug-likeness (QED) is 0.880. The molecular formula is C14H17F2N5. The smallest absolute Gasteiger partial charge is 0.185 e. The highest BCUT2D eigenvalue weighted by atomic mass is 19.1. The lowest BCUT2D eigenvalue weighted by atomic mass is 10.0. The first kappa shape index (κ1) is 13.9. The predicted molar refractivity (Wildman–Crippen MR) is 74.2 cm³/mol. The van der Waals surface area contributed by atoms with Gasteiger partial charge in [0.15, 0.2) is 5.82 Å². The number of anilines is 1. The van der Waals surface area contributed by atoms with Gasteiger partial charge in [0.05, 0.1) is 11.3 Å². The van der Waals surface area contributed by atoms with Crippen molar-refractivity contribution in [2.45, 2.75) is 38.6 Å². The van der Waals surface area contributed by atoms with Crippen LogP contribution in [0.25, 0.3) is 11.4 Å². The normalized spacial score (nSPS) is 15.7. The predicted octanol–water partition coefficient (Wildman–Crippen LogP) is 2.78. The molecule has 0 atom stereocenters. The monoisotopic (exact) mass is 293 g/mol. The average molecular weight is 293 g/mol. The van der Waals surface area contributed by atoms with Gasteiger partial charge in [-0.3, -0.25) is 0 Å². The molecule has 0 bridgehead atoms. The fraction of sp³-hybridized carbons (Fsp3) is 0.500. The molecule has 0 amide bonds. The third-order valence-corrected chi connectivity index (χ3v) is 4.08. The van der Waals surface area contributed by atoms with Crippen LogP contribution in [0.4, 0.5) is 14.5 Å². The van der Waals surface area contributed by atoms with Crippen molar-refractivity contribution in [3.63, 3.8) is 0 Å². The van der Waals surface area contributed by atoms with E-state index in [2.05, 4.69) is 15.5 Å². The number of benzene rings is 1. The standard InChI is InChI=1S/C14H17F2N5/c15-11-8-12(16)13(17)7-10(11)14-18-19-20-21(14)6-5-9-3-1-2-4-9/h7-9H,1-6,17H2. The molecule has 1 aromatic carbocycles. The molecule has 1 fully saturated rings. The Labute approximate surface area is 121 Å². The van der Waals surface area contributed by atoms with Gasteiger partial charge in [-0.05, 0) is 28.8 Å². The molecule has 1 saturated carbocycles. The molecule has 0 unspecified atom stereocenters. The molecule has 0 saturated heterocycles. The van der Waals surface area contributed by atoms with Crippen molar-refractivity contribution in [2.24, 2.45) is 5.92 Å². The van der Waals surface area contributed by atoms with Crippen molar-refractivity contribution in [3.05, 3.63) is 23.8 Å². The number of tetrazole rings is 1. The van der Waals surface area contributed by atoms with Gasteiger partial charge in [0.1, 0.15) is 11.6 Å². The van der Waals surface area contributed by atoms with Gasteiger partial charge >= 0.3 is 0 Å². The van der Waals surface area contributed by atoms with Gasteiger partial charge in [-0.2, -0.15) is 0 Å². The first-order chi connectivity index (χ1) is 10.1. The zero-order valence-corrected chi connectivity index (χ0v) is 11.6. The average Bonchev–Trinajstić information content (AvgIpc) is 3.11. The third-order valence-electron chi connectivity index (χ3n) is 4.08. The van der Waals surface area contributed by atoms with Gasteiger partial charge in [0, 0.05) is 12.6 Å². The van der Waals surface area contributed by atoms with Gasteiger partial charge in [-0.25, -0.2) is 13.5 Å². The van der Waals surface area contributed by atoms with Crippen LogP contribution in [-0.2, 0) is 6.54 Å². The van der Waals surface area contributed by atoms with E-state index in [4.69, 9.17) is 5.73 Å². The van der Waals surface area contributed by atoms with E-state index in [0.717, 1.165) is 12.5 Å². The summed E-state index contributed by atoms with van der Waals surface area (Å²) in [6.45, 7) is 0.629. The Bertz CT molecular complexity index is 634. The van der Waals surface area contributed by atoms with E-state index in [9.17, 15) is 8.78 Å². The summed E-state index contributed by atoms with van der Waals surface area (Å²) in [7, 11) is 0. The summed E-state index contributed by atoms with van der Waals surface area (Å²) in [4.78, 5) is 0. The van der Waals surface area contributed by atoms with Crippen molar-refractivity contribution in [2.75, 3.05) is 5.73 Å². The third kappa shape index (κ3) is 2.86. The minimum atomic E-state index is -0.777. The Morgan fingerprint density at radius 2 is 1.95 bits per heavy atom. The molecule has 0 aliphatic heterocycles. The zero-order chi connectivity index (χ0) is 14.8. The van der Waals surface area contributed by atoms with Crippen LogP contribution < -0.4 is 5.73 Å². The number of hydrogen-bond acceptors (Lipinski definition) is 4. The molecule has 2 N–H and O–H groups in total. The molecule has 7 heteroatoms. The summed E-state index contributed by atoms with van der Waals surface area (Å²) in [5, 5.41) is 11.3. The highest BCUT2D eigenvalue weighted by Crippen LogP contribution is 2.29. The Hall–Kier alpha value is -2.05. The first-order valence-electron chi connectivity index (χ1n) is 7.16. The molecule has 0 spiro atoms. The summed E-state index contributed by atoms with van der Waals surface area (Å²) < 4.78 is 28.7. The van der Waals surface area contributed by atoms with E-state index in [1.54, 1.807) is 4.68 Å². The number of aryl methyl sites for hydroxylation is 1. The molecule has 1 aromatic heterocycles. The van der Waals surface area contributed by atoms with Crippen molar-refractivity contribution < 1.29 is 8.78 Å². The molecular weight excluding hydrogens is 276 g/mol. The van der Waals surface area contributed by atoms with Crippen LogP contribution in [0, 0.1) is 17.6 Å². The first-order valence-corrected chi connectivity index (χ1v) is 7.16. The fourth-order valence-corrected chi connectivity index (χ4v) is 2.89. The number of nitrogens with two attached hydrogens (primary N) is 1. The van der Waals surface area contributed by atoms with Crippen molar-refractivity contribution in [3.8, 4) is 11.4 Å². The maximum Gasteiger partial charge on any atom is 0.185 e. The fourth-order valence-electron chi connectivity index (χ4n) is 2.89. The summed E-state index contributed by atoms with van der Waals surface area (Å²) in [5.41, 5.74) is 5.52. The van der Waals surface area contributed by atoms with Gasteiger partial charge in [-0.15, -0.1) is 5.10 Å². The van der Waals surface area contributed by atoms with Gasteiger partial charge < -0.3 is 5.73 Å². The molecule has 1 aliphatic rings. The van der Waals surface area contributed by atoms with Crippen LogP contribution in [-0.4, -0.2) is 20.2 Å². The molecule has 21 heavy (non-hydrogen) atoms. The van der Waals surface area contributed by atoms with E-state index < -0.39 is 11.6 Å². The van der Waals surface area contributed by atoms with E-state index >= 15 is 0 Å². The van der Waals surface area contributed by atoms with Crippen LogP contribution in [0.2, 0.25) is 0 Å². The number of halogens is 2. The molecule has 3 rings (SSSR count). The van der Waals surface area contributed by atoms with Crippen molar-refractivity contribution in [1.82, 2.24) is 20.2 Å². The molecule has 1 aliphatic carbocycles. The van der Waals surface area contributed by atoms with Gasteiger partial charge in [0.2, 0.25) is 0 Å². The number of nitrogen functional groups attached to an aromatic ring is 1. The maximum atomic E-state index is 13.9. The van der Waals surface area contributed by atoms with Gasteiger partial charge in [0.25, 0.3) is 0 Å². The summed E-state index contributed by atoms with van der Waals surface area (Å²) in [6.07, 6.45) is 5.98. The van der Waals surface area contributed by atoms with Crippen LogP contribution in [0.5, 0.6) is 0 Å². The Morgan fingerprint density at radius 1 is 1.19 bits per heavy atom. The second-order valence-corrected chi connectivity index (χ2v) is 5.52. The lowest BCUT2D eigenvalue weighted by Gasteiger charge is -2.10. The molecule has 1 heterocycles. The number of aromatic nitrogens is 4. The van der Waals surface area contributed by atoms with Gasteiger partial charge in [-0.1, -0.05) is 25.7 Å². The highest BCUT2D eigenvalue weighted by molar-refractivity contribution is 5.62. The maximum absolute atomic E-state index is 13.9. The lowest BCUT2D eigenvalue weighted by Crippen LogP contribution is -2.08. The Balaban J connectivity index is 1.83. The highest BCUT2D eigenvalue weighted by Gasteiger charge is 2.19. The molecule has 0 radical (unpaired) electrons. The number of hydrogen-bond donors (Lipinski definition) is 1. The van der Waals surface area contributed by atoms with Crippen molar-refractivity contribution in [1.29, 1.82) is 0 Å². The molecule has 5 nitrogen and oxygen atoms in total. The van der Waals surface area contributed by atoms with E-state index in [-0.39, 0.29) is 17.1 Å². The summed E-state index contributed by atoms with van der Waals surface area (Å²) in [6, 6.07) is 2.00. The Kier molecular flexibility index (Phi) is 3.81. The Morgan fingerprint density at radius 3 is 2.71 bits per heavy atom. The lowest BCUT2D eigenvalue weighted by molar-refractivity contribution is 0.436. The van der Waals surface area contributed by atoms with E-state index in [1.165, 1.54) is 31.7 Å². The summed E-state index contributed by atoms with van der Waals surface area (Å²) in [5.74, 6) is -0.512. The van der Waals surface area contributed by atoms with E-state index in [1.807, 2.05) is 0 Å². The summed E-state index contributed by atoms with van der Waals surface area (Å²) >= 11 is 0. The topological polar surface area (TPSA) is 69.6 Å². The van der Waals surface area contributed by atoms with Crippen LogP contribution >= 0.6 is 0 Å². The zero-order valence-electron chi connectivity index (χ0n) is 11.6. The van der Waals surface area contributed by atoms with Crippen LogP contribution in [0.1, 0.15) is 32.1 Å². The second kappa shape index (κ2) is 5.75. The molecule has 112 valence electrons. The minimum absolute atomic E-state index is 0.114. The van der Waals surface area contributed by atoms with Crippen molar-refractivity contribution >= 4 is 5.69 Å². The van der Waals surface area contributed by atoms with E-state index in [0.29, 0.717) is 12.5 Å². The SMILES string of the molecule is Nc1cc(-c2nnnn2CCC2CCCC2)c(F)cc1F.